The number of carboxylic acids is 1. The van der Waals surface area contributed by atoms with E-state index in [0.717, 1.165) is 0 Å². The van der Waals surface area contributed by atoms with Crippen LogP contribution < -0.4 is 0 Å². The average Bonchev–Trinajstić information content (AvgIpc) is 2.78. The van der Waals surface area contributed by atoms with Crippen LogP contribution >= 0.6 is 0 Å². The molecule has 0 spiro atoms. The predicted molar refractivity (Wildman–Crippen MR) is 55.7 cm³/mol. The number of H-pyrrole nitrogens is 1. The lowest BCUT2D eigenvalue weighted by molar-refractivity contribution is 0.0690. The first-order valence-electron chi connectivity index (χ1n) is 4.61. The topological polar surface area (TPSA) is 89.8 Å². The number of aromatic nitrogens is 2. The van der Waals surface area contributed by atoms with E-state index in [9.17, 15) is 9.18 Å². The molecule has 2 N–H and O–H groups in total. The van der Waals surface area contributed by atoms with Crippen LogP contribution in [0.25, 0.3) is 11.3 Å². The van der Waals surface area contributed by atoms with Gasteiger partial charge in [0.25, 0.3) is 0 Å². The summed E-state index contributed by atoms with van der Waals surface area (Å²) in [6.07, 6.45) is 0. The maximum atomic E-state index is 13.7. The Hall–Kier alpha value is -2.68. The van der Waals surface area contributed by atoms with Gasteiger partial charge in [-0.25, -0.2) is 9.18 Å². The normalized spacial score (nSPS) is 9.88. The first kappa shape index (κ1) is 10.8. The largest absolute Gasteiger partial charge is 0.477 e. The van der Waals surface area contributed by atoms with Gasteiger partial charge in [0.15, 0.2) is 0 Å². The van der Waals surface area contributed by atoms with Gasteiger partial charge in [-0.05, 0) is 18.2 Å². The molecule has 0 aliphatic rings. The number of carbonyl (C=O) groups is 1. The molecule has 0 bridgehead atoms. The lowest BCUT2D eigenvalue weighted by Crippen LogP contribution is -1.95. The van der Waals surface area contributed by atoms with Gasteiger partial charge >= 0.3 is 5.97 Å². The van der Waals surface area contributed by atoms with Crippen LogP contribution in [0, 0.1) is 17.1 Å². The summed E-state index contributed by atoms with van der Waals surface area (Å²) in [4.78, 5) is 10.6. The number of nitrogens with zero attached hydrogens (tertiary/aromatic N) is 2. The van der Waals surface area contributed by atoms with E-state index in [1.165, 1.54) is 24.3 Å². The van der Waals surface area contributed by atoms with Crippen molar-refractivity contribution in [3.8, 4) is 17.3 Å². The van der Waals surface area contributed by atoms with Crippen molar-refractivity contribution in [1.82, 2.24) is 10.2 Å². The standard InChI is InChI=1S/C11H6FN3O2/c12-10-6(5-13)2-1-3-7(10)8-4-9(11(16)17)15-14-8/h1-4H,(H,14,15)(H,16,17). The van der Waals surface area contributed by atoms with E-state index in [2.05, 4.69) is 10.2 Å². The molecule has 0 fully saturated rings. The number of hydrogen-bond donors (Lipinski definition) is 2. The third-order valence-corrected chi connectivity index (χ3v) is 2.20. The number of benzene rings is 1. The summed E-state index contributed by atoms with van der Waals surface area (Å²) in [6, 6.07) is 7.19. The van der Waals surface area contributed by atoms with E-state index < -0.39 is 11.8 Å². The summed E-state index contributed by atoms with van der Waals surface area (Å²) in [5, 5.41) is 23.3. The summed E-state index contributed by atoms with van der Waals surface area (Å²) in [6.45, 7) is 0. The molecule has 1 heterocycles. The van der Waals surface area contributed by atoms with Crippen molar-refractivity contribution in [3.05, 3.63) is 41.3 Å². The maximum absolute atomic E-state index is 13.7. The number of carboxylic acid groups (broad SMARTS) is 1. The van der Waals surface area contributed by atoms with Crippen LogP contribution in [0.15, 0.2) is 24.3 Å². The van der Waals surface area contributed by atoms with Crippen molar-refractivity contribution < 1.29 is 14.3 Å². The number of aromatic carboxylic acids is 1. The SMILES string of the molecule is N#Cc1cccc(-c2cc(C(=O)O)[nH]n2)c1F. The molecule has 0 unspecified atom stereocenters. The number of rotatable bonds is 2. The van der Waals surface area contributed by atoms with Gasteiger partial charge in [0.1, 0.15) is 17.6 Å². The van der Waals surface area contributed by atoms with Crippen molar-refractivity contribution in [3.63, 3.8) is 0 Å². The summed E-state index contributed by atoms with van der Waals surface area (Å²) in [5.74, 6) is -1.89. The quantitative estimate of drug-likeness (QED) is 0.824. The average molecular weight is 231 g/mol. The second kappa shape index (κ2) is 4.06. The Balaban J connectivity index is 2.53. The van der Waals surface area contributed by atoms with Crippen molar-refractivity contribution in [1.29, 1.82) is 5.26 Å². The van der Waals surface area contributed by atoms with E-state index in [-0.39, 0.29) is 22.5 Å². The fraction of sp³-hybridized carbons (Fsp3) is 0. The van der Waals surface area contributed by atoms with Crippen molar-refractivity contribution in [2.45, 2.75) is 0 Å². The minimum atomic E-state index is -1.18. The zero-order valence-electron chi connectivity index (χ0n) is 8.44. The summed E-state index contributed by atoms with van der Waals surface area (Å²) in [5.41, 5.74) is -0.00562. The highest BCUT2D eigenvalue weighted by molar-refractivity contribution is 5.86. The Morgan fingerprint density at radius 3 is 2.88 bits per heavy atom. The minimum absolute atomic E-state index is 0.0906. The lowest BCUT2D eigenvalue weighted by Gasteiger charge is -1.99. The summed E-state index contributed by atoms with van der Waals surface area (Å²) < 4.78 is 13.7. The van der Waals surface area contributed by atoms with E-state index in [0.29, 0.717) is 0 Å². The molecule has 0 aliphatic heterocycles. The fourth-order valence-electron chi connectivity index (χ4n) is 1.39. The molecular formula is C11H6FN3O2. The van der Waals surface area contributed by atoms with Crippen LogP contribution in [0.3, 0.4) is 0 Å². The van der Waals surface area contributed by atoms with Crippen molar-refractivity contribution >= 4 is 5.97 Å². The highest BCUT2D eigenvalue weighted by atomic mass is 19.1. The van der Waals surface area contributed by atoms with Gasteiger partial charge < -0.3 is 5.11 Å². The smallest absolute Gasteiger partial charge is 0.353 e. The molecule has 0 amide bonds. The molecule has 5 nitrogen and oxygen atoms in total. The molecule has 0 atom stereocenters. The fourth-order valence-corrected chi connectivity index (χ4v) is 1.39. The van der Waals surface area contributed by atoms with Crippen molar-refractivity contribution in [2.75, 3.05) is 0 Å². The molecular weight excluding hydrogens is 225 g/mol. The lowest BCUT2D eigenvalue weighted by atomic mass is 10.1. The van der Waals surface area contributed by atoms with Gasteiger partial charge in [0, 0.05) is 5.56 Å². The third kappa shape index (κ3) is 1.86. The van der Waals surface area contributed by atoms with Gasteiger partial charge in [-0.3, -0.25) is 5.10 Å². The Labute approximate surface area is 95.1 Å². The second-order valence-corrected chi connectivity index (χ2v) is 3.25. The number of nitriles is 1. The number of aromatic amines is 1. The van der Waals surface area contributed by atoms with Gasteiger partial charge in [0.2, 0.25) is 0 Å². The number of hydrogen-bond acceptors (Lipinski definition) is 3. The van der Waals surface area contributed by atoms with E-state index >= 15 is 0 Å². The molecule has 6 heteroatoms. The summed E-state index contributed by atoms with van der Waals surface area (Å²) >= 11 is 0. The highest BCUT2D eigenvalue weighted by Gasteiger charge is 2.14. The van der Waals surface area contributed by atoms with Gasteiger partial charge in [-0.15, -0.1) is 0 Å². The maximum Gasteiger partial charge on any atom is 0.353 e. The van der Waals surface area contributed by atoms with Gasteiger partial charge in [-0.2, -0.15) is 10.4 Å². The van der Waals surface area contributed by atoms with Gasteiger partial charge in [-0.1, -0.05) is 6.07 Å². The zero-order chi connectivity index (χ0) is 12.4. The van der Waals surface area contributed by atoms with Crippen LogP contribution in [0.4, 0.5) is 4.39 Å². The first-order valence-corrected chi connectivity index (χ1v) is 4.61. The van der Waals surface area contributed by atoms with E-state index in [4.69, 9.17) is 10.4 Å². The molecule has 17 heavy (non-hydrogen) atoms. The minimum Gasteiger partial charge on any atom is -0.477 e. The Morgan fingerprint density at radius 2 is 2.29 bits per heavy atom. The first-order chi connectivity index (χ1) is 8.13. The van der Waals surface area contributed by atoms with Crippen LogP contribution in [-0.4, -0.2) is 21.3 Å². The second-order valence-electron chi connectivity index (χ2n) is 3.25. The van der Waals surface area contributed by atoms with Gasteiger partial charge in [0.05, 0.1) is 11.3 Å². The van der Waals surface area contributed by atoms with Crippen molar-refractivity contribution in [2.24, 2.45) is 0 Å². The Morgan fingerprint density at radius 1 is 1.53 bits per heavy atom. The predicted octanol–water partition coefficient (Wildman–Crippen LogP) is 1.79. The van der Waals surface area contributed by atoms with Crippen LogP contribution in [0.2, 0.25) is 0 Å². The molecule has 0 saturated carbocycles. The molecule has 84 valence electrons. The Bertz CT molecular complexity index is 628. The molecule has 0 radical (unpaired) electrons. The van der Waals surface area contributed by atoms with E-state index in [1.807, 2.05) is 0 Å². The molecule has 0 saturated heterocycles. The molecule has 0 aliphatic carbocycles. The molecule has 1 aromatic heterocycles. The zero-order valence-corrected chi connectivity index (χ0v) is 8.44. The molecule has 2 aromatic rings. The van der Waals surface area contributed by atoms with E-state index in [1.54, 1.807) is 6.07 Å². The number of nitrogens with one attached hydrogen (secondary N) is 1. The van der Waals surface area contributed by atoms with Crippen LogP contribution in [0.1, 0.15) is 16.1 Å². The monoisotopic (exact) mass is 231 g/mol. The molecule has 1 aromatic carbocycles. The summed E-state index contributed by atoms with van der Waals surface area (Å²) in [7, 11) is 0. The Kier molecular flexibility index (Phi) is 2.58. The van der Waals surface area contributed by atoms with Crippen LogP contribution in [0.5, 0.6) is 0 Å². The van der Waals surface area contributed by atoms with Crippen LogP contribution in [-0.2, 0) is 0 Å². The highest BCUT2D eigenvalue weighted by Crippen LogP contribution is 2.23. The number of halogens is 1. The third-order valence-electron chi connectivity index (χ3n) is 2.20. The molecule has 2 rings (SSSR count).